The molecule has 2 aromatic heterocycles. The fourth-order valence-corrected chi connectivity index (χ4v) is 3.59. The molecule has 2 N–H and O–H groups in total. The summed E-state index contributed by atoms with van der Waals surface area (Å²) in [7, 11) is 0. The topological polar surface area (TPSA) is 89.5 Å². The quantitative estimate of drug-likeness (QED) is 0.289. The van der Waals surface area contributed by atoms with Gasteiger partial charge < -0.3 is 20.0 Å². The molecule has 7 nitrogen and oxygen atoms in total. The summed E-state index contributed by atoms with van der Waals surface area (Å²) in [6.45, 7) is 7.07. The van der Waals surface area contributed by atoms with Crippen LogP contribution < -0.4 is 10.6 Å². The molecule has 2 aromatic rings. The van der Waals surface area contributed by atoms with E-state index in [4.69, 9.17) is 9.68 Å². The summed E-state index contributed by atoms with van der Waals surface area (Å²) in [6, 6.07) is 7.59. The Bertz CT molecular complexity index is 825. The Morgan fingerprint density at radius 2 is 2.28 bits per heavy atom. The zero-order chi connectivity index (χ0) is 20.3. The van der Waals surface area contributed by atoms with Crippen LogP contribution in [-0.4, -0.2) is 35.5 Å². The number of nitrogens with one attached hydrogen (secondary N) is 2. The molecule has 1 atom stereocenters. The van der Waals surface area contributed by atoms with Crippen LogP contribution in [0.1, 0.15) is 37.9 Å². The third kappa shape index (κ3) is 6.39. The molecule has 3 rings (SSSR count). The Balaban J connectivity index is 1.29. The first-order valence-corrected chi connectivity index (χ1v) is 10.1. The highest BCUT2D eigenvalue weighted by Gasteiger charge is 2.24. The predicted octanol–water partition coefficient (Wildman–Crippen LogP) is 4.07. The van der Waals surface area contributed by atoms with Gasteiger partial charge in [-0.05, 0) is 49.4 Å². The Hall–Kier alpha value is -3.27. The number of furan rings is 1. The average molecular weight is 393 g/mol. The molecule has 1 fully saturated rings. The van der Waals surface area contributed by atoms with E-state index in [-0.39, 0.29) is 0 Å². The largest absolute Gasteiger partial charge is 0.463 e. The summed E-state index contributed by atoms with van der Waals surface area (Å²) < 4.78 is 5.46. The molecule has 0 aliphatic carbocycles. The van der Waals surface area contributed by atoms with Crippen molar-refractivity contribution in [2.45, 2.75) is 32.1 Å². The predicted molar refractivity (Wildman–Crippen MR) is 115 cm³/mol. The van der Waals surface area contributed by atoms with Gasteiger partial charge in [-0.15, -0.1) is 4.99 Å². The van der Waals surface area contributed by atoms with Crippen molar-refractivity contribution in [1.82, 2.24) is 15.2 Å². The van der Waals surface area contributed by atoms with E-state index in [0.29, 0.717) is 5.96 Å². The summed E-state index contributed by atoms with van der Waals surface area (Å²) >= 11 is 0. The smallest absolute Gasteiger partial charge is 0.211 e. The van der Waals surface area contributed by atoms with Gasteiger partial charge in [0.15, 0.2) is 0 Å². The zero-order valence-corrected chi connectivity index (χ0v) is 16.7. The van der Waals surface area contributed by atoms with Crippen LogP contribution in [0.25, 0.3) is 5.70 Å². The third-order valence-corrected chi connectivity index (χ3v) is 5.14. The summed E-state index contributed by atoms with van der Waals surface area (Å²) in [5, 5.41) is 15.1. The van der Waals surface area contributed by atoms with Crippen LogP contribution in [-0.2, 0) is 0 Å². The maximum Gasteiger partial charge on any atom is 0.211 e. The minimum absolute atomic E-state index is 0.461. The van der Waals surface area contributed by atoms with E-state index in [2.05, 4.69) is 32.1 Å². The molecule has 1 aliphatic rings. The Morgan fingerprint density at radius 1 is 1.34 bits per heavy atom. The number of rotatable bonds is 9. The molecule has 1 saturated heterocycles. The van der Waals surface area contributed by atoms with Crippen LogP contribution in [0.4, 0.5) is 5.69 Å². The van der Waals surface area contributed by atoms with Crippen molar-refractivity contribution >= 4 is 17.3 Å². The second-order valence-electron chi connectivity index (χ2n) is 7.23. The molecule has 29 heavy (non-hydrogen) atoms. The number of nitriles is 1. The highest BCUT2D eigenvalue weighted by atomic mass is 16.3. The molecule has 0 spiro atoms. The molecular formula is C22H28N6O. The van der Waals surface area contributed by atoms with Gasteiger partial charge in [0, 0.05) is 25.8 Å². The normalized spacial score (nSPS) is 16.4. The van der Waals surface area contributed by atoms with Crippen LogP contribution in [0.2, 0.25) is 0 Å². The fraction of sp³-hybridized carbons (Fsp3) is 0.409. The van der Waals surface area contributed by atoms with E-state index in [1.54, 1.807) is 18.7 Å². The Kier molecular flexibility index (Phi) is 7.70. The Morgan fingerprint density at radius 3 is 3.03 bits per heavy atom. The zero-order valence-electron chi connectivity index (χ0n) is 16.7. The lowest BCUT2D eigenvalue weighted by Crippen LogP contribution is -2.31. The molecular weight excluding hydrogens is 364 g/mol. The first-order chi connectivity index (χ1) is 14.3. The molecule has 152 valence electrons. The molecule has 1 unspecified atom stereocenters. The van der Waals surface area contributed by atoms with E-state index >= 15 is 0 Å². The first kappa shape index (κ1) is 20.5. The van der Waals surface area contributed by atoms with Crippen molar-refractivity contribution in [1.29, 1.82) is 5.26 Å². The SMILES string of the molecule is C=C(c1ccco1)N1CCC(CCCCCN/C(=N/C#N)Nc2cccnc2)C1. The number of aliphatic imine (C=N–C) groups is 1. The van der Waals surface area contributed by atoms with Gasteiger partial charge in [0.1, 0.15) is 5.76 Å². The van der Waals surface area contributed by atoms with Crippen molar-refractivity contribution < 1.29 is 4.42 Å². The number of pyridine rings is 1. The van der Waals surface area contributed by atoms with Gasteiger partial charge in [0.05, 0.1) is 23.8 Å². The van der Waals surface area contributed by atoms with Gasteiger partial charge in [0.25, 0.3) is 0 Å². The van der Waals surface area contributed by atoms with Crippen LogP contribution in [0.15, 0.2) is 58.9 Å². The molecule has 0 radical (unpaired) electrons. The van der Waals surface area contributed by atoms with Gasteiger partial charge in [-0.2, -0.15) is 5.26 Å². The number of unbranched alkanes of at least 4 members (excludes halogenated alkanes) is 2. The minimum Gasteiger partial charge on any atom is -0.463 e. The summed E-state index contributed by atoms with van der Waals surface area (Å²) in [5.41, 5.74) is 1.79. The van der Waals surface area contributed by atoms with Gasteiger partial charge >= 0.3 is 0 Å². The van der Waals surface area contributed by atoms with Crippen molar-refractivity contribution in [2.24, 2.45) is 10.9 Å². The average Bonchev–Trinajstić information content (AvgIpc) is 3.43. The molecule has 0 saturated carbocycles. The molecule has 7 heteroatoms. The molecule has 0 aromatic carbocycles. The maximum atomic E-state index is 8.85. The van der Waals surface area contributed by atoms with Crippen LogP contribution in [0.5, 0.6) is 0 Å². The standard InChI is InChI=1S/C22H28N6O/c1-18(21-9-6-14-29-21)28-13-10-19(16-28)7-3-2-4-12-25-22(26-17-23)27-20-8-5-11-24-15-20/h5-6,8-9,11,14-15,19H,1-4,7,10,12-13,16H2,(H2,25,26,27). The van der Waals surface area contributed by atoms with E-state index in [1.807, 2.05) is 30.5 Å². The maximum absolute atomic E-state index is 8.85. The van der Waals surface area contributed by atoms with Crippen LogP contribution in [0, 0.1) is 17.4 Å². The molecule has 0 bridgehead atoms. The highest BCUT2D eigenvalue weighted by Crippen LogP contribution is 2.28. The number of nitrogens with zero attached hydrogens (tertiary/aromatic N) is 4. The fourth-order valence-electron chi connectivity index (χ4n) is 3.59. The van der Waals surface area contributed by atoms with Crippen molar-refractivity contribution in [2.75, 3.05) is 25.0 Å². The van der Waals surface area contributed by atoms with E-state index < -0.39 is 0 Å². The van der Waals surface area contributed by atoms with Gasteiger partial charge in [0.2, 0.25) is 12.2 Å². The lowest BCUT2D eigenvalue weighted by molar-refractivity contribution is 0.419. The Labute approximate surface area is 172 Å². The summed E-state index contributed by atoms with van der Waals surface area (Å²) in [5.74, 6) is 2.05. The van der Waals surface area contributed by atoms with E-state index in [1.165, 1.54) is 19.3 Å². The molecule has 3 heterocycles. The van der Waals surface area contributed by atoms with Crippen molar-refractivity contribution in [3.63, 3.8) is 0 Å². The first-order valence-electron chi connectivity index (χ1n) is 10.1. The van der Waals surface area contributed by atoms with Crippen molar-refractivity contribution in [3.05, 3.63) is 55.3 Å². The second kappa shape index (κ2) is 10.9. The number of likely N-dealkylation sites (tertiary alicyclic amines) is 1. The lowest BCUT2D eigenvalue weighted by Gasteiger charge is -2.19. The third-order valence-electron chi connectivity index (χ3n) is 5.14. The number of hydrogen-bond donors (Lipinski definition) is 2. The highest BCUT2D eigenvalue weighted by molar-refractivity contribution is 5.93. The number of guanidine groups is 1. The summed E-state index contributed by atoms with van der Waals surface area (Å²) in [4.78, 5) is 10.2. The van der Waals surface area contributed by atoms with Crippen molar-refractivity contribution in [3.8, 4) is 6.19 Å². The van der Waals surface area contributed by atoms with Crippen LogP contribution >= 0.6 is 0 Å². The number of anilines is 1. The van der Waals surface area contributed by atoms with Crippen LogP contribution in [0.3, 0.4) is 0 Å². The van der Waals surface area contributed by atoms with E-state index in [9.17, 15) is 0 Å². The van der Waals surface area contributed by atoms with Gasteiger partial charge in [-0.3, -0.25) is 4.98 Å². The molecule has 0 amide bonds. The second-order valence-corrected chi connectivity index (χ2v) is 7.23. The van der Waals surface area contributed by atoms with Gasteiger partial charge in [-0.25, -0.2) is 0 Å². The minimum atomic E-state index is 0.461. The van der Waals surface area contributed by atoms with E-state index in [0.717, 1.165) is 55.5 Å². The number of hydrogen-bond acceptors (Lipinski definition) is 5. The molecule has 1 aliphatic heterocycles. The monoisotopic (exact) mass is 392 g/mol. The lowest BCUT2D eigenvalue weighted by atomic mass is 10.0. The summed E-state index contributed by atoms with van der Waals surface area (Å²) in [6.07, 6.45) is 12.8. The number of aromatic nitrogens is 1. The van der Waals surface area contributed by atoms with Gasteiger partial charge in [-0.1, -0.05) is 19.4 Å².